The Morgan fingerprint density at radius 1 is 1.21 bits per heavy atom. The molecule has 1 aliphatic rings. The summed E-state index contributed by atoms with van der Waals surface area (Å²) in [6.07, 6.45) is 0.695. The third-order valence-electron chi connectivity index (χ3n) is 4.84. The van der Waals surface area contributed by atoms with Gasteiger partial charge in [0, 0.05) is 11.3 Å². The van der Waals surface area contributed by atoms with Gasteiger partial charge in [-0.05, 0) is 51.1 Å². The number of benzene rings is 2. The largest absolute Gasteiger partial charge is 0.485 e. The number of nitrogens with zero attached hydrogens (tertiary/aromatic N) is 4. The lowest BCUT2D eigenvalue weighted by Gasteiger charge is -2.46. The summed E-state index contributed by atoms with van der Waals surface area (Å²) in [5, 5.41) is 29.5. The van der Waals surface area contributed by atoms with Crippen LogP contribution in [0.25, 0.3) is 0 Å². The van der Waals surface area contributed by atoms with E-state index in [0.717, 1.165) is 5.56 Å². The number of aliphatic hydroxyl groups is 1. The van der Waals surface area contributed by atoms with E-state index in [1.54, 1.807) is 43.1 Å². The van der Waals surface area contributed by atoms with Gasteiger partial charge in [0.1, 0.15) is 17.5 Å². The maximum absolute atomic E-state index is 11.2. The molecule has 1 heterocycles. The van der Waals surface area contributed by atoms with Gasteiger partial charge in [0.25, 0.3) is 0 Å². The number of rotatable bonds is 2. The first-order chi connectivity index (χ1) is 13.3. The molecule has 2 aromatic carbocycles. The number of anilines is 1. The van der Waals surface area contributed by atoms with E-state index >= 15 is 0 Å². The van der Waals surface area contributed by atoms with Crippen LogP contribution in [0.15, 0.2) is 47.5 Å². The SMILES string of the molecule is Cc1ccc(N(C(N)=NC#N)[C@@H]2c3cc(C#N)ccc3OC(C)(C)[C@H]2O)cc1. The van der Waals surface area contributed by atoms with Crippen molar-refractivity contribution >= 4 is 11.6 Å². The molecule has 0 aliphatic carbocycles. The zero-order valence-corrected chi connectivity index (χ0v) is 15.9. The van der Waals surface area contributed by atoms with Crippen molar-refractivity contribution in [1.82, 2.24) is 0 Å². The monoisotopic (exact) mass is 375 g/mol. The Kier molecular flexibility index (Phi) is 4.96. The molecule has 2 atom stereocenters. The van der Waals surface area contributed by atoms with Crippen molar-refractivity contribution in [3.63, 3.8) is 0 Å². The van der Waals surface area contributed by atoms with Gasteiger partial charge in [-0.25, -0.2) is 0 Å². The highest BCUT2D eigenvalue weighted by Gasteiger charge is 2.46. The van der Waals surface area contributed by atoms with Crippen molar-refractivity contribution in [2.45, 2.75) is 38.5 Å². The molecule has 0 saturated carbocycles. The van der Waals surface area contributed by atoms with Crippen molar-refractivity contribution in [3.8, 4) is 18.0 Å². The van der Waals surface area contributed by atoms with Gasteiger partial charge < -0.3 is 20.5 Å². The van der Waals surface area contributed by atoms with Gasteiger partial charge in [0.2, 0.25) is 12.2 Å². The van der Waals surface area contributed by atoms with E-state index in [1.807, 2.05) is 31.2 Å². The molecule has 0 radical (unpaired) electrons. The van der Waals surface area contributed by atoms with Gasteiger partial charge in [0.05, 0.1) is 17.7 Å². The second-order valence-electron chi connectivity index (χ2n) is 7.24. The minimum atomic E-state index is -1.01. The molecule has 7 nitrogen and oxygen atoms in total. The number of hydrogen-bond donors (Lipinski definition) is 2. The zero-order chi connectivity index (χ0) is 20.5. The average molecular weight is 375 g/mol. The second kappa shape index (κ2) is 7.22. The molecule has 3 rings (SSSR count). The van der Waals surface area contributed by atoms with Crippen molar-refractivity contribution in [2.24, 2.45) is 10.7 Å². The molecule has 0 spiro atoms. The molecule has 28 heavy (non-hydrogen) atoms. The van der Waals surface area contributed by atoms with Crippen LogP contribution in [0.3, 0.4) is 0 Å². The van der Waals surface area contributed by atoms with E-state index in [9.17, 15) is 10.4 Å². The minimum Gasteiger partial charge on any atom is -0.485 e. The fraction of sp³-hybridized carbons (Fsp3) is 0.286. The van der Waals surface area contributed by atoms with E-state index in [1.165, 1.54) is 0 Å². The lowest BCUT2D eigenvalue weighted by atomic mass is 9.84. The Balaban J connectivity index is 2.26. The molecule has 0 saturated heterocycles. The van der Waals surface area contributed by atoms with Crippen molar-refractivity contribution in [3.05, 3.63) is 59.2 Å². The first kappa shape index (κ1) is 19.2. The summed E-state index contributed by atoms with van der Waals surface area (Å²) in [6, 6.07) is 13.9. The number of aliphatic hydroxyl groups excluding tert-OH is 1. The Morgan fingerprint density at radius 2 is 1.89 bits per heavy atom. The minimum absolute atomic E-state index is 0.0542. The molecule has 0 unspecified atom stereocenters. The Hall–Kier alpha value is -3.55. The zero-order valence-electron chi connectivity index (χ0n) is 15.9. The highest BCUT2D eigenvalue weighted by molar-refractivity contribution is 5.96. The van der Waals surface area contributed by atoms with Gasteiger partial charge in [0.15, 0.2) is 0 Å². The number of guanidine groups is 1. The number of aliphatic imine (C=N–C) groups is 1. The van der Waals surface area contributed by atoms with Gasteiger partial charge in [-0.15, -0.1) is 4.99 Å². The molecule has 1 aliphatic heterocycles. The number of nitrogens with two attached hydrogens (primary N) is 1. The average Bonchev–Trinajstić information content (AvgIpc) is 2.66. The molecule has 7 heteroatoms. The molecular weight excluding hydrogens is 354 g/mol. The molecule has 3 N–H and O–H groups in total. The van der Waals surface area contributed by atoms with Gasteiger partial charge in [-0.3, -0.25) is 0 Å². The first-order valence-electron chi connectivity index (χ1n) is 8.78. The highest BCUT2D eigenvalue weighted by Crippen LogP contribution is 2.44. The van der Waals surface area contributed by atoms with E-state index in [2.05, 4.69) is 11.1 Å². The van der Waals surface area contributed by atoms with Crippen molar-refractivity contribution < 1.29 is 9.84 Å². The number of hydrogen-bond acceptors (Lipinski definition) is 5. The molecule has 142 valence electrons. The molecule has 0 fully saturated rings. The van der Waals surface area contributed by atoms with E-state index in [0.29, 0.717) is 22.6 Å². The molecule has 0 aromatic heterocycles. The van der Waals surface area contributed by atoms with Crippen LogP contribution in [-0.2, 0) is 0 Å². The highest BCUT2D eigenvalue weighted by atomic mass is 16.5. The number of fused-ring (bicyclic) bond motifs is 1. The van der Waals surface area contributed by atoms with Crippen LogP contribution >= 0.6 is 0 Å². The summed E-state index contributed by atoms with van der Waals surface area (Å²) in [6.45, 7) is 5.51. The van der Waals surface area contributed by atoms with E-state index < -0.39 is 17.7 Å². The number of nitriles is 2. The maximum atomic E-state index is 11.2. The molecular formula is C21H21N5O2. The Morgan fingerprint density at radius 3 is 2.50 bits per heavy atom. The first-order valence-corrected chi connectivity index (χ1v) is 8.78. The van der Waals surface area contributed by atoms with Crippen LogP contribution in [0.4, 0.5) is 5.69 Å². The van der Waals surface area contributed by atoms with Gasteiger partial charge in [-0.1, -0.05) is 17.7 Å². The van der Waals surface area contributed by atoms with Crippen molar-refractivity contribution in [2.75, 3.05) is 4.90 Å². The topological polar surface area (TPSA) is 119 Å². The van der Waals surface area contributed by atoms with Crippen LogP contribution in [0.1, 0.15) is 36.6 Å². The fourth-order valence-electron chi connectivity index (χ4n) is 3.36. The van der Waals surface area contributed by atoms with Crippen LogP contribution in [0, 0.1) is 29.7 Å². The smallest absolute Gasteiger partial charge is 0.212 e. The summed E-state index contributed by atoms with van der Waals surface area (Å²) < 4.78 is 5.97. The van der Waals surface area contributed by atoms with Gasteiger partial charge >= 0.3 is 0 Å². The lowest BCUT2D eigenvalue weighted by molar-refractivity contribution is -0.0565. The summed E-state index contributed by atoms with van der Waals surface area (Å²) in [4.78, 5) is 5.31. The Bertz CT molecular complexity index is 999. The summed E-state index contributed by atoms with van der Waals surface area (Å²) in [7, 11) is 0. The molecule has 0 bridgehead atoms. The summed E-state index contributed by atoms with van der Waals surface area (Å²) in [5.41, 5.74) is 7.96. The second-order valence-corrected chi connectivity index (χ2v) is 7.24. The van der Waals surface area contributed by atoms with Crippen molar-refractivity contribution in [1.29, 1.82) is 10.5 Å². The summed E-state index contributed by atoms with van der Waals surface area (Å²) in [5.74, 6) is 0.489. The van der Waals surface area contributed by atoms with E-state index in [-0.39, 0.29) is 5.96 Å². The quantitative estimate of drug-likeness (QED) is 0.473. The van der Waals surface area contributed by atoms with Crippen LogP contribution in [-0.4, -0.2) is 22.8 Å². The predicted molar refractivity (Wildman–Crippen MR) is 106 cm³/mol. The molecule has 2 aromatic rings. The third kappa shape index (κ3) is 3.36. The molecule has 0 amide bonds. The predicted octanol–water partition coefficient (Wildman–Crippen LogP) is 2.74. The lowest BCUT2D eigenvalue weighted by Crippen LogP contribution is -2.56. The Labute approximate surface area is 163 Å². The fourth-order valence-corrected chi connectivity index (χ4v) is 3.36. The van der Waals surface area contributed by atoms with Gasteiger partial charge in [-0.2, -0.15) is 10.5 Å². The normalized spacial score (nSPS) is 20.3. The van der Waals surface area contributed by atoms with Crippen LogP contribution in [0.2, 0.25) is 0 Å². The van der Waals surface area contributed by atoms with E-state index in [4.69, 9.17) is 15.7 Å². The maximum Gasteiger partial charge on any atom is 0.212 e. The number of ether oxygens (including phenoxy) is 1. The number of aryl methyl sites for hydroxylation is 1. The summed E-state index contributed by atoms with van der Waals surface area (Å²) >= 11 is 0. The van der Waals surface area contributed by atoms with Crippen LogP contribution in [0.5, 0.6) is 5.75 Å². The third-order valence-corrected chi connectivity index (χ3v) is 4.84. The standard InChI is InChI=1S/C21H21N5O2/c1-13-4-7-15(8-5-13)26(20(24)25-12-23)18-16-10-14(11-22)6-9-17(16)28-21(2,3)19(18)27/h4-10,18-19,27H,1-3H3,(H2,24,25)/t18-,19+/m1/s1. The van der Waals surface area contributed by atoms with Crippen LogP contribution < -0.4 is 15.4 Å².